The number of rotatable bonds is 5. The van der Waals surface area contributed by atoms with Crippen LogP contribution in [0.25, 0.3) is 22.2 Å². The van der Waals surface area contributed by atoms with Crippen LogP contribution in [0.2, 0.25) is 0 Å². The molecule has 5 nitrogen and oxygen atoms in total. The summed E-state index contributed by atoms with van der Waals surface area (Å²) in [5.41, 5.74) is 12.5. The molecule has 0 amide bonds. The standard InChI is InChI=1S/C22H21N5S/c1-13-3-2-4-17(11-13)28-27-16-9-7-14(8-10-16)18-12-19(15-5-6-15)24-22-20(18)21(23)25-26-22/h2-4,7-12,15,27H,5-6H2,1H3,(H3,23,24,25,26). The molecule has 0 bridgehead atoms. The molecule has 0 aliphatic heterocycles. The summed E-state index contributed by atoms with van der Waals surface area (Å²) >= 11 is 1.62. The number of aromatic amines is 1. The predicted molar refractivity (Wildman–Crippen MR) is 116 cm³/mol. The van der Waals surface area contributed by atoms with Crippen LogP contribution in [0.1, 0.15) is 30.0 Å². The first kappa shape index (κ1) is 17.1. The summed E-state index contributed by atoms with van der Waals surface area (Å²) in [6, 6.07) is 19.1. The summed E-state index contributed by atoms with van der Waals surface area (Å²) in [5, 5.41) is 8.07. The van der Waals surface area contributed by atoms with Crippen molar-refractivity contribution < 1.29 is 0 Å². The van der Waals surface area contributed by atoms with Crippen molar-refractivity contribution in [1.29, 1.82) is 0 Å². The van der Waals surface area contributed by atoms with Gasteiger partial charge in [-0.05, 0) is 78.7 Å². The van der Waals surface area contributed by atoms with Crippen molar-refractivity contribution in [3.05, 3.63) is 65.9 Å². The Morgan fingerprint density at radius 2 is 1.93 bits per heavy atom. The zero-order valence-corrected chi connectivity index (χ0v) is 16.4. The maximum Gasteiger partial charge on any atom is 0.183 e. The molecule has 0 spiro atoms. The summed E-state index contributed by atoms with van der Waals surface area (Å²) in [6.45, 7) is 2.10. The molecule has 1 aliphatic rings. The molecule has 2 heterocycles. The SMILES string of the molecule is Cc1cccc(SNc2ccc(-c3cc(C4CC4)nc4n[nH]c(N)c34)cc2)c1. The topological polar surface area (TPSA) is 79.6 Å². The lowest BCUT2D eigenvalue weighted by atomic mass is 10.0. The number of anilines is 2. The fourth-order valence-electron chi connectivity index (χ4n) is 3.40. The van der Waals surface area contributed by atoms with Gasteiger partial charge in [0.05, 0.1) is 5.39 Å². The Morgan fingerprint density at radius 1 is 1.11 bits per heavy atom. The highest BCUT2D eigenvalue weighted by atomic mass is 32.2. The molecule has 0 unspecified atom stereocenters. The number of nitrogens with two attached hydrogens (primary N) is 1. The first-order valence-electron chi connectivity index (χ1n) is 9.42. The Kier molecular flexibility index (Phi) is 4.20. The number of aromatic nitrogens is 3. The van der Waals surface area contributed by atoms with Crippen LogP contribution in [-0.4, -0.2) is 15.2 Å². The van der Waals surface area contributed by atoms with Gasteiger partial charge < -0.3 is 10.5 Å². The Labute approximate surface area is 167 Å². The number of fused-ring (bicyclic) bond motifs is 1. The molecule has 2 aromatic heterocycles. The van der Waals surface area contributed by atoms with Gasteiger partial charge in [0.25, 0.3) is 0 Å². The number of nitrogen functional groups attached to an aromatic ring is 1. The fourth-order valence-corrected chi connectivity index (χ4v) is 4.16. The third-order valence-electron chi connectivity index (χ3n) is 5.04. The van der Waals surface area contributed by atoms with Crippen molar-refractivity contribution in [3.63, 3.8) is 0 Å². The minimum Gasteiger partial charge on any atom is -0.383 e. The molecule has 5 rings (SSSR count). The van der Waals surface area contributed by atoms with Crippen molar-refractivity contribution in [3.8, 4) is 11.1 Å². The van der Waals surface area contributed by atoms with Crippen LogP contribution >= 0.6 is 11.9 Å². The normalized spacial score (nSPS) is 13.8. The summed E-state index contributed by atoms with van der Waals surface area (Å²) < 4.78 is 3.41. The van der Waals surface area contributed by atoms with Crippen molar-refractivity contribution in [2.45, 2.75) is 30.6 Å². The Hall–Kier alpha value is -2.99. The number of nitrogens with one attached hydrogen (secondary N) is 2. The van der Waals surface area contributed by atoms with Crippen LogP contribution in [0.15, 0.2) is 59.5 Å². The van der Waals surface area contributed by atoms with Crippen molar-refractivity contribution in [1.82, 2.24) is 15.2 Å². The Bertz CT molecular complexity index is 1150. The summed E-state index contributed by atoms with van der Waals surface area (Å²) in [5.74, 6) is 1.13. The highest BCUT2D eigenvalue weighted by molar-refractivity contribution is 8.00. The van der Waals surface area contributed by atoms with E-state index in [0.29, 0.717) is 17.4 Å². The second kappa shape index (κ2) is 6.87. The average Bonchev–Trinajstić information content (AvgIpc) is 3.50. The van der Waals surface area contributed by atoms with Crippen molar-refractivity contribution in [2.24, 2.45) is 0 Å². The maximum atomic E-state index is 6.14. The van der Waals surface area contributed by atoms with E-state index in [-0.39, 0.29) is 0 Å². The monoisotopic (exact) mass is 387 g/mol. The van der Waals surface area contributed by atoms with Gasteiger partial charge in [0.1, 0.15) is 5.82 Å². The van der Waals surface area contributed by atoms with E-state index < -0.39 is 0 Å². The molecule has 1 fully saturated rings. The van der Waals surface area contributed by atoms with E-state index in [1.807, 2.05) is 0 Å². The molecular weight excluding hydrogens is 366 g/mol. The highest BCUT2D eigenvalue weighted by Gasteiger charge is 2.27. The molecule has 4 aromatic rings. The van der Waals surface area contributed by atoms with Gasteiger partial charge in [-0.3, -0.25) is 5.10 Å². The molecule has 0 radical (unpaired) electrons. The number of aryl methyl sites for hydroxylation is 1. The van der Waals surface area contributed by atoms with Gasteiger partial charge in [-0.15, -0.1) is 0 Å². The lowest BCUT2D eigenvalue weighted by Crippen LogP contribution is -1.93. The number of benzene rings is 2. The molecule has 0 saturated heterocycles. The minimum absolute atomic E-state index is 0.563. The summed E-state index contributed by atoms with van der Waals surface area (Å²) in [6.07, 6.45) is 2.41. The molecule has 1 aliphatic carbocycles. The molecule has 6 heteroatoms. The number of hydrogen-bond donors (Lipinski definition) is 3. The third-order valence-corrected chi connectivity index (χ3v) is 5.87. The molecule has 4 N–H and O–H groups in total. The fraction of sp³-hybridized carbons (Fsp3) is 0.182. The zero-order chi connectivity index (χ0) is 19.1. The van der Waals surface area contributed by atoms with E-state index in [0.717, 1.165) is 27.9 Å². The van der Waals surface area contributed by atoms with E-state index >= 15 is 0 Å². The highest BCUT2D eigenvalue weighted by Crippen LogP contribution is 2.42. The third kappa shape index (κ3) is 3.31. The molecular formula is C22H21N5S. The minimum atomic E-state index is 0.563. The van der Waals surface area contributed by atoms with Crippen LogP contribution in [0.4, 0.5) is 11.5 Å². The van der Waals surface area contributed by atoms with Gasteiger partial charge in [0, 0.05) is 22.2 Å². The van der Waals surface area contributed by atoms with Crippen molar-refractivity contribution >= 4 is 34.5 Å². The van der Waals surface area contributed by atoms with Crippen LogP contribution in [-0.2, 0) is 0 Å². The van der Waals surface area contributed by atoms with E-state index in [1.54, 1.807) is 11.9 Å². The molecule has 2 aromatic carbocycles. The van der Waals surface area contributed by atoms with E-state index in [4.69, 9.17) is 10.7 Å². The van der Waals surface area contributed by atoms with Gasteiger partial charge in [-0.1, -0.05) is 24.3 Å². The van der Waals surface area contributed by atoms with Crippen molar-refractivity contribution in [2.75, 3.05) is 10.5 Å². The lowest BCUT2D eigenvalue weighted by molar-refractivity contribution is 1.02. The van der Waals surface area contributed by atoms with Gasteiger partial charge in [0.2, 0.25) is 0 Å². The molecule has 140 valence electrons. The van der Waals surface area contributed by atoms with E-state index in [2.05, 4.69) is 76.4 Å². The average molecular weight is 388 g/mol. The van der Waals surface area contributed by atoms with Crippen LogP contribution in [0, 0.1) is 6.92 Å². The second-order valence-electron chi connectivity index (χ2n) is 7.30. The van der Waals surface area contributed by atoms with Gasteiger partial charge in [-0.2, -0.15) is 5.10 Å². The largest absolute Gasteiger partial charge is 0.383 e. The van der Waals surface area contributed by atoms with Gasteiger partial charge in [-0.25, -0.2) is 4.98 Å². The van der Waals surface area contributed by atoms with E-state index in [9.17, 15) is 0 Å². The first-order valence-corrected chi connectivity index (χ1v) is 10.2. The quantitative estimate of drug-likeness (QED) is 0.393. The Morgan fingerprint density at radius 3 is 2.68 bits per heavy atom. The zero-order valence-electron chi connectivity index (χ0n) is 15.6. The number of hydrogen-bond acceptors (Lipinski definition) is 5. The second-order valence-corrected chi connectivity index (χ2v) is 8.18. The number of nitrogens with zero attached hydrogens (tertiary/aromatic N) is 2. The number of H-pyrrole nitrogens is 1. The van der Waals surface area contributed by atoms with Crippen LogP contribution in [0.5, 0.6) is 0 Å². The van der Waals surface area contributed by atoms with E-state index in [1.165, 1.54) is 23.3 Å². The summed E-state index contributed by atoms with van der Waals surface area (Å²) in [7, 11) is 0. The summed E-state index contributed by atoms with van der Waals surface area (Å²) in [4.78, 5) is 5.89. The van der Waals surface area contributed by atoms with Gasteiger partial charge in [0.15, 0.2) is 5.65 Å². The van der Waals surface area contributed by atoms with Crippen LogP contribution in [0.3, 0.4) is 0 Å². The molecule has 0 atom stereocenters. The molecule has 28 heavy (non-hydrogen) atoms. The maximum absolute atomic E-state index is 6.14. The number of pyridine rings is 1. The molecule has 1 saturated carbocycles. The lowest BCUT2D eigenvalue weighted by Gasteiger charge is -2.09. The van der Waals surface area contributed by atoms with Crippen LogP contribution < -0.4 is 10.5 Å². The first-order chi connectivity index (χ1) is 13.7. The Balaban J connectivity index is 1.43. The van der Waals surface area contributed by atoms with Gasteiger partial charge >= 0.3 is 0 Å². The predicted octanol–water partition coefficient (Wildman–Crippen LogP) is 5.51. The smallest absolute Gasteiger partial charge is 0.183 e.